The molecule has 1 aromatic carbocycles. The summed E-state index contributed by atoms with van der Waals surface area (Å²) >= 11 is 0. The fourth-order valence-electron chi connectivity index (χ4n) is 2.99. The number of aromatic nitrogens is 5. The zero-order valence-electron chi connectivity index (χ0n) is 16.9. The van der Waals surface area contributed by atoms with Crippen LogP contribution in [0.5, 0.6) is 0 Å². The Morgan fingerprint density at radius 2 is 1.82 bits per heavy atom. The van der Waals surface area contributed by atoms with Crippen molar-refractivity contribution in [3.05, 3.63) is 54.8 Å². The van der Waals surface area contributed by atoms with Crippen LogP contribution in [0, 0.1) is 11.6 Å². The predicted molar refractivity (Wildman–Crippen MR) is 113 cm³/mol. The quantitative estimate of drug-likeness (QED) is 0.327. The van der Waals surface area contributed by atoms with Crippen molar-refractivity contribution in [2.45, 2.75) is 12.6 Å². The van der Waals surface area contributed by atoms with Crippen LogP contribution in [0.1, 0.15) is 6.42 Å². The van der Waals surface area contributed by atoms with Crippen LogP contribution < -0.4 is 10.0 Å². The average molecular weight is 499 g/mol. The first kappa shape index (κ1) is 23.3. The van der Waals surface area contributed by atoms with Crippen LogP contribution in [0.4, 0.5) is 39.1 Å². The third kappa shape index (κ3) is 5.03. The molecule has 0 aliphatic rings. The largest absolute Gasteiger partial charge is 0.390 e. The van der Waals surface area contributed by atoms with Crippen molar-refractivity contribution in [1.82, 2.24) is 24.9 Å². The number of anilines is 3. The fourth-order valence-corrected chi connectivity index (χ4v) is 4.09. The van der Waals surface area contributed by atoms with Crippen molar-refractivity contribution in [1.29, 1.82) is 0 Å². The number of imidazole rings is 1. The van der Waals surface area contributed by atoms with E-state index in [-0.39, 0.29) is 5.82 Å². The Labute approximate surface area is 188 Å². The van der Waals surface area contributed by atoms with Gasteiger partial charge in [0.05, 0.1) is 24.2 Å². The topological polar surface area (TPSA) is 126 Å². The lowest BCUT2D eigenvalue weighted by Crippen LogP contribution is -2.22. The van der Waals surface area contributed by atoms with E-state index in [1.165, 1.54) is 18.9 Å². The Morgan fingerprint density at radius 3 is 2.59 bits per heavy atom. The maximum Gasteiger partial charge on any atom is 0.390 e. The first-order chi connectivity index (χ1) is 16.0. The molecule has 0 fully saturated rings. The maximum absolute atomic E-state index is 15.0. The number of nitrogens with one attached hydrogen (secondary N) is 3. The van der Waals surface area contributed by atoms with Gasteiger partial charge in [0.25, 0.3) is 0 Å². The van der Waals surface area contributed by atoms with E-state index in [9.17, 15) is 26.0 Å². The normalized spacial score (nSPS) is 12.1. The first-order valence-corrected chi connectivity index (χ1v) is 11.1. The minimum atomic E-state index is -4.72. The van der Waals surface area contributed by atoms with E-state index in [0.717, 1.165) is 12.1 Å². The second-order valence-corrected chi connectivity index (χ2v) is 8.76. The lowest BCUT2D eigenvalue weighted by atomic mass is 10.1. The van der Waals surface area contributed by atoms with Gasteiger partial charge < -0.3 is 10.3 Å². The molecule has 0 atom stereocenters. The van der Waals surface area contributed by atoms with Crippen molar-refractivity contribution in [2.24, 2.45) is 0 Å². The van der Waals surface area contributed by atoms with Gasteiger partial charge in [-0.3, -0.25) is 4.72 Å². The van der Waals surface area contributed by atoms with Gasteiger partial charge in [0.2, 0.25) is 10.0 Å². The Hall–Kier alpha value is -3.88. The molecule has 178 valence electrons. The van der Waals surface area contributed by atoms with E-state index in [2.05, 4.69) is 30.2 Å². The SMILES string of the molecule is O=S(=O)(CCC(F)(F)F)Nc1ccc(F)c(Nc2ncccc2-c2ncnc3[nH]cnc23)c1F. The van der Waals surface area contributed by atoms with Gasteiger partial charge in [-0.05, 0) is 24.3 Å². The molecule has 9 nitrogen and oxygen atoms in total. The van der Waals surface area contributed by atoms with Crippen molar-refractivity contribution in [2.75, 3.05) is 15.8 Å². The maximum atomic E-state index is 15.0. The summed E-state index contributed by atoms with van der Waals surface area (Å²) in [6.07, 6.45) is -2.37. The van der Waals surface area contributed by atoms with E-state index in [0.29, 0.717) is 22.4 Å². The number of alkyl halides is 3. The van der Waals surface area contributed by atoms with E-state index < -0.39 is 51.4 Å². The highest BCUT2D eigenvalue weighted by molar-refractivity contribution is 7.92. The highest BCUT2D eigenvalue weighted by atomic mass is 32.2. The molecule has 0 aliphatic heterocycles. The van der Waals surface area contributed by atoms with Crippen LogP contribution in [0.15, 0.2) is 43.1 Å². The zero-order chi connectivity index (χ0) is 24.5. The highest BCUT2D eigenvalue weighted by Crippen LogP contribution is 2.34. The van der Waals surface area contributed by atoms with Crippen LogP contribution >= 0.6 is 0 Å². The van der Waals surface area contributed by atoms with Crippen LogP contribution in [0.2, 0.25) is 0 Å². The third-order valence-corrected chi connectivity index (χ3v) is 5.81. The molecule has 4 aromatic rings. The number of pyridine rings is 1. The smallest absolute Gasteiger partial charge is 0.335 e. The number of hydrogen-bond donors (Lipinski definition) is 3. The summed E-state index contributed by atoms with van der Waals surface area (Å²) in [5.41, 5.74) is -0.134. The Balaban J connectivity index is 1.68. The molecule has 34 heavy (non-hydrogen) atoms. The van der Waals surface area contributed by atoms with E-state index >= 15 is 4.39 Å². The molecule has 0 saturated heterocycles. The summed E-state index contributed by atoms with van der Waals surface area (Å²) in [6.45, 7) is 0. The number of rotatable bonds is 7. The number of sulfonamides is 1. The van der Waals surface area contributed by atoms with Crippen molar-refractivity contribution in [3.63, 3.8) is 0 Å². The molecule has 0 amide bonds. The summed E-state index contributed by atoms with van der Waals surface area (Å²) in [5.74, 6) is -3.84. The fraction of sp³-hybridized carbons (Fsp3) is 0.158. The number of nitrogens with zero attached hydrogens (tertiary/aromatic N) is 4. The molecule has 0 bridgehead atoms. The zero-order valence-corrected chi connectivity index (χ0v) is 17.7. The van der Waals surface area contributed by atoms with Crippen LogP contribution in [0.3, 0.4) is 0 Å². The van der Waals surface area contributed by atoms with E-state index in [1.807, 2.05) is 0 Å². The van der Waals surface area contributed by atoms with Crippen molar-refractivity contribution < 1.29 is 30.4 Å². The summed E-state index contributed by atoms with van der Waals surface area (Å²) in [5, 5.41) is 2.47. The number of hydrogen-bond acceptors (Lipinski definition) is 7. The van der Waals surface area contributed by atoms with Gasteiger partial charge in [-0.2, -0.15) is 13.2 Å². The van der Waals surface area contributed by atoms with Gasteiger partial charge in [0.1, 0.15) is 34.9 Å². The number of aromatic amines is 1. The number of fused-ring (bicyclic) bond motifs is 1. The van der Waals surface area contributed by atoms with Gasteiger partial charge >= 0.3 is 6.18 Å². The summed E-state index contributed by atoms with van der Waals surface area (Å²) in [6, 6.07) is 4.63. The van der Waals surface area contributed by atoms with Crippen molar-refractivity contribution in [3.8, 4) is 11.3 Å². The molecular formula is C19H14F5N7O2S. The lowest BCUT2D eigenvalue weighted by Gasteiger charge is -2.15. The number of H-pyrrole nitrogens is 1. The minimum Gasteiger partial charge on any atom is -0.335 e. The predicted octanol–water partition coefficient (Wildman–Crippen LogP) is 4.13. The van der Waals surface area contributed by atoms with Crippen LogP contribution in [0.25, 0.3) is 22.4 Å². The molecular weight excluding hydrogens is 485 g/mol. The standard InChI is InChI=1S/C19H14F5N7O2S/c20-11-3-4-12(31-34(32,33)7-5-19(22,23)24)13(21)15(11)30-17-10(2-1-6-25-17)14-16-18(28-8-26-14)29-9-27-16/h1-4,6,8-9,31H,5,7H2,(H,25,30)(H,26,27,28,29). The summed E-state index contributed by atoms with van der Waals surface area (Å²) in [7, 11) is -4.57. The van der Waals surface area contributed by atoms with Gasteiger partial charge in [-0.25, -0.2) is 37.1 Å². The second-order valence-electron chi connectivity index (χ2n) is 6.92. The Morgan fingerprint density at radius 1 is 1.03 bits per heavy atom. The molecule has 0 aliphatic carbocycles. The Bertz CT molecular complexity index is 1460. The summed E-state index contributed by atoms with van der Waals surface area (Å²) < 4.78 is 92.3. The first-order valence-electron chi connectivity index (χ1n) is 9.46. The van der Waals surface area contributed by atoms with Gasteiger partial charge in [0, 0.05) is 11.8 Å². The molecule has 0 unspecified atom stereocenters. The molecule has 4 rings (SSSR count). The minimum absolute atomic E-state index is 0.0413. The summed E-state index contributed by atoms with van der Waals surface area (Å²) in [4.78, 5) is 19.2. The third-order valence-electron chi connectivity index (χ3n) is 4.53. The number of halogens is 5. The van der Waals surface area contributed by atoms with E-state index in [1.54, 1.807) is 16.9 Å². The van der Waals surface area contributed by atoms with Crippen molar-refractivity contribution >= 4 is 38.4 Å². The average Bonchev–Trinajstić information content (AvgIpc) is 3.26. The monoisotopic (exact) mass is 499 g/mol. The molecule has 3 heterocycles. The second kappa shape index (κ2) is 8.81. The van der Waals surface area contributed by atoms with Gasteiger partial charge in [0.15, 0.2) is 11.5 Å². The number of benzene rings is 1. The van der Waals surface area contributed by atoms with Gasteiger partial charge in [-0.1, -0.05) is 0 Å². The Kier molecular flexibility index (Phi) is 6.03. The molecule has 3 aromatic heterocycles. The molecule has 0 spiro atoms. The van der Waals surface area contributed by atoms with E-state index in [4.69, 9.17) is 0 Å². The molecule has 15 heteroatoms. The highest BCUT2D eigenvalue weighted by Gasteiger charge is 2.30. The molecule has 0 saturated carbocycles. The van der Waals surface area contributed by atoms with Gasteiger partial charge in [-0.15, -0.1) is 0 Å². The van der Waals surface area contributed by atoms with Crippen LogP contribution in [-0.4, -0.2) is 45.3 Å². The van der Waals surface area contributed by atoms with Crippen LogP contribution in [-0.2, 0) is 10.0 Å². The molecule has 3 N–H and O–H groups in total. The lowest BCUT2D eigenvalue weighted by molar-refractivity contribution is -0.129. The molecule has 0 radical (unpaired) electrons.